The predicted molar refractivity (Wildman–Crippen MR) is 146 cm³/mol. The summed E-state index contributed by atoms with van der Waals surface area (Å²) < 4.78 is 30.4. The number of hydrogen-bond donors (Lipinski definition) is 0. The first-order chi connectivity index (χ1) is 17.9. The summed E-state index contributed by atoms with van der Waals surface area (Å²) in [6.07, 6.45) is 1.76. The summed E-state index contributed by atoms with van der Waals surface area (Å²) in [6, 6.07) is 17.0. The van der Waals surface area contributed by atoms with Gasteiger partial charge < -0.3 is 14.2 Å². The lowest BCUT2D eigenvalue weighted by molar-refractivity contribution is -0.122. The van der Waals surface area contributed by atoms with E-state index in [4.69, 9.17) is 25.8 Å². The number of ether oxygens (including phenoxy) is 3. The molecule has 1 aliphatic rings. The van der Waals surface area contributed by atoms with Crippen LogP contribution >= 0.6 is 23.4 Å². The van der Waals surface area contributed by atoms with E-state index in [1.165, 1.54) is 23.9 Å². The number of thioether (sulfide) groups is 1. The second kappa shape index (κ2) is 12.2. The normalized spacial score (nSPS) is 15.5. The number of carbonyl (C=O) groups excluding carboxylic acids is 1. The molecule has 0 bridgehead atoms. The second-order valence-electron chi connectivity index (χ2n) is 7.93. The molecule has 9 heteroatoms. The van der Waals surface area contributed by atoms with Crippen molar-refractivity contribution in [2.24, 2.45) is 4.99 Å². The largest absolute Gasteiger partial charge is 0.497 e. The molecule has 0 N–H and O–H groups in total. The zero-order valence-corrected chi connectivity index (χ0v) is 22.2. The highest BCUT2D eigenvalue weighted by Gasteiger charge is 2.32. The van der Waals surface area contributed by atoms with E-state index < -0.39 is 0 Å². The summed E-state index contributed by atoms with van der Waals surface area (Å²) in [6.45, 7) is 4.76. The quantitative estimate of drug-likeness (QED) is 0.271. The Morgan fingerprint density at radius 2 is 1.86 bits per heavy atom. The molecule has 0 aromatic heterocycles. The molecule has 0 atom stereocenters. The van der Waals surface area contributed by atoms with E-state index in [-0.39, 0.29) is 18.3 Å². The number of carbonyl (C=O) groups is 1. The summed E-state index contributed by atoms with van der Waals surface area (Å²) in [5.41, 5.74) is 2.07. The summed E-state index contributed by atoms with van der Waals surface area (Å²) >= 11 is 7.86. The maximum Gasteiger partial charge on any atom is 0.266 e. The molecule has 0 spiro atoms. The molecule has 0 aliphatic carbocycles. The van der Waals surface area contributed by atoms with Crippen LogP contribution in [-0.4, -0.2) is 36.2 Å². The van der Waals surface area contributed by atoms with Crippen LogP contribution in [0.5, 0.6) is 17.2 Å². The van der Waals surface area contributed by atoms with Gasteiger partial charge in [0.05, 0.1) is 29.3 Å². The minimum absolute atomic E-state index is 0.128. The van der Waals surface area contributed by atoms with Crippen molar-refractivity contribution in [2.45, 2.75) is 20.5 Å². The monoisotopic (exact) mass is 540 g/mol. The Labute approximate surface area is 224 Å². The Morgan fingerprint density at radius 1 is 1.08 bits per heavy atom. The van der Waals surface area contributed by atoms with Gasteiger partial charge in [-0.15, -0.1) is 0 Å². The number of amidine groups is 1. The van der Waals surface area contributed by atoms with Crippen LogP contribution in [0.2, 0.25) is 5.02 Å². The van der Waals surface area contributed by atoms with Crippen molar-refractivity contribution in [1.29, 1.82) is 0 Å². The number of halogens is 2. The minimum Gasteiger partial charge on any atom is -0.497 e. The maximum absolute atomic E-state index is 13.5. The molecule has 3 aromatic carbocycles. The molecule has 1 amide bonds. The molecule has 37 heavy (non-hydrogen) atoms. The van der Waals surface area contributed by atoms with Crippen molar-refractivity contribution in [3.63, 3.8) is 0 Å². The number of likely N-dealkylation sites (N-methyl/N-ethyl adjacent to an activating group) is 1. The fourth-order valence-corrected chi connectivity index (χ4v) is 4.98. The Hall–Kier alpha value is -3.49. The van der Waals surface area contributed by atoms with Crippen LogP contribution in [0.1, 0.15) is 25.0 Å². The van der Waals surface area contributed by atoms with Gasteiger partial charge in [0, 0.05) is 6.54 Å². The number of amides is 1. The van der Waals surface area contributed by atoms with E-state index >= 15 is 0 Å². The zero-order chi connectivity index (χ0) is 26.4. The number of hydrogen-bond acceptors (Lipinski definition) is 6. The third-order valence-electron chi connectivity index (χ3n) is 5.40. The van der Waals surface area contributed by atoms with Crippen LogP contribution in [0.4, 0.5) is 10.1 Å². The molecule has 1 aliphatic heterocycles. The van der Waals surface area contributed by atoms with Gasteiger partial charge in [-0.25, -0.2) is 9.38 Å². The Kier molecular flexibility index (Phi) is 8.74. The summed E-state index contributed by atoms with van der Waals surface area (Å²) in [5, 5.41) is 0.916. The molecule has 1 fully saturated rings. The highest BCUT2D eigenvalue weighted by Crippen LogP contribution is 2.40. The average molecular weight is 541 g/mol. The SMILES string of the molecule is CCOc1cc(/C=C2/SC(=Nc3ccc(OC)cc3)N(CC)C2=O)cc(Cl)c1OCc1cccc(F)c1. The van der Waals surface area contributed by atoms with Crippen LogP contribution in [0.3, 0.4) is 0 Å². The molecular weight excluding hydrogens is 515 g/mol. The molecule has 0 radical (unpaired) electrons. The van der Waals surface area contributed by atoms with E-state index in [1.807, 2.05) is 38.1 Å². The van der Waals surface area contributed by atoms with Crippen LogP contribution < -0.4 is 14.2 Å². The first kappa shape index (κ1) is 26.6. The number of benzene rings is 3. The van der Waals surface area contributed by atoms with E-state index in [0.717, 1.165) is 11.4 Å². The van der Waals surface area contributed by atoms with Crippen LogP contribution in [0.25, 0.3) is 6.08 Å². The van der Waals surface area contributed by atoms with Crippen molar-refractivity contribution in [1.82, 2.24) is 4.90 Å². The van der Waals surface area contributed by atoms with Gasteiger partial charge in [-0.1, -0.05) is 23.7 Å². The molecular formula is C28H26ClFN2O4S. The minimum atomic E-state index is -0.339. The number of rotatable bonds is 9. The lowest BCUT2D eigenvalue weighted by atomic mass is 10.1. The van der Waals surface area contributed by atoms with Gasteiger partial charge in [-0.05, 0) is 91.3 Å². The van der Waals surface area contributed by atoms with E-state index in [0.29, 0.717) is 50.9 Å². The Morgan fingerprint density at radius 3 is 2.54 bits per heavy atom. The smallest absolute Gasteiger partial charge is 0.266 e. The molecule has 192 valence electrons. The van der Waals surface area contributed by atoms with Crippen molar-refractivity contribution in [3.8, 4) is 17.2 Å². The first-order valence-corrected chi connectivity index (χ1v) is 12.9. The summed E-state index contributed by atoms with van der Waals surface area (Å²) in [4.78, 5) is 19.9. The fourth-order valence-electron chi connectivity index (χ4n) is 3.65. The second-order valence-corrected chi connectivity index (χ2v) is 9.35. The van der Waals surface area contributed by atoms with Crippen molar-refractivity contribution in [2.75, 3.05) is 20.3 Å². The van der Waals surface area contributed by atoms with Crippen LogP contribution in [-0.2, 0) is 11.4 Å². The maximum atomic E-state index is 13.5. The van der Waals surface area contributed by atoms with Crippen molar-refractivity contribution < 1.29 is 23.4 Å². The van der Waals surface area contributed by atoms with Gasteiger partial charge in [-0.3, -0.25) is 9.69 Å². The molecule has 0 unspecified atom stereocenters. The number of methoxy groups -OCH3 is 1. The lowest BCUT2D eigenvalue weighted by Crippen LogP contribution is -2.28. The van der Waals surface area contributed by atoms with E-state index in [1.54, 1.807) is 42.4 Å². The Bertz CT molecular complexity index is 1340. The molecule has 0 saturated carbocycles. The molecule has 4 rings (SSSR count). The summed E-state index contributed by atoms with van der Waals surface area (Å²) in [5.74, 6) is 1.05. The van der Waals surface area contributed by atoms with E-state index in [2.05, 4.69) is 4.99 Å². The zero-order valence-electron chi connectivity index (χ0n) is 20.7. The summed E-state index contributed by atoms with van der Waals surface area (Å²) in [7, 11) is 1.61. The lowest BCUT2D eigenvalue weighted by Gasteiger charge is -2.15. The first-order valence-electron chi connectivity index (χ1n) is 11.7. The average Bonchev–Trinajstić information content (AvgIpc) is 3.17. The van der Waals surface area contributed by atoms with Gasteiger partial charge >= 0.3 is 0 Å². The predicted octanol–water partition coefficient (Wildman–Crippen LogP) is 7.09. The highest BCUT2D eigenvalue weighted by molar-refractivity contribution is 8.18. The molecule has 1 heterocycles. The van der Waals surface area contributed by atoms with Gasteiger partial charge in [-0.2, -0.15) is 0 Å². The van der Waals surface area contributed by atoms with Gasteiger partial charge in [0.15, 0.2) is 16.7 Å². The molecule has 6 nitrogen and oxygen atoms in total. The highest BCUT2D eigenvalue weighted by atomic mass is 35.5. The number of aliphatic imine (C=N–C) groups is 1. The van der Waals surface area contributed by atoms with Gasteiger partial charge in [0.25, 0.3) is 5.91 Å². The fraction of sp³-hybridized carbons (Fsp3) is 0.214. The standard InChI is InChI=1S/C28H26ClFN2O4S/c1-4-32-27(33)25(37-28(32)31-21-9-11-22(34-3)12-10-21)16-19-14-23(29)26(24(15-19)35-5-2)36-17-18-7-6-8-20(30)13-18/h6-16H,4-5,17H2,1-3H3/b25-16+,31-28?. The molecule has 3 aromatic rings. The van der Waals surface area contributed by atoms with Gasteiger partial charge in [0.2, 0.25) is 0 Å². The van der Waals surface area contributed by atoms with Gasteiger partial charge in [0.1, 0.15) is 18.2 Å². The third-order valence-corrected chi connectivity index (χ3v) is 6.69. The van der Waals surface area contributed by atoms with Crippen LogP contribution in [0.15, 0.2) is 70.6 Å². The van der Waals surface area contributed by atoms with Crippen molar-refractivity contribution >= 4 is 46.2 Å². The third kappa shape index (κ3) is 6.45. The number of nitrogens with zero attached hydrogens (tertiary/aromatic N) is 2. The van der Waals surface area contributed by atoms with Crippen molar-refractivity contribution in [3.05, 3.63) is 87.5 Å². The molecule has 1 saturated heterocycles. The topological polar surface area (TPSA) is 60.4 Å². The van der Waals surface area contributed by atoms with Crippen LogP contribution in [0, 0.1) is 5.82 Å². The Balaban J connectivity index is 1.60. The van der Waals surface area contributed by atoms with E-state index in [9.17, 15) is 9.18 Å².